The largest absolute Gasteiger partial charge is 0.465 e. The van der Waals surface area contributed by atoms with Crippen LogP contribution in [-0.4, -0.2) is 41.0 Å². The molecule has 2 heterocycles. The fraction of sp³-hybridized carbons (Fsp3) is 0.227. The number of carbonyl (C=O) groups is 3. The smallest absolute Gasteiger partial charge is 0.339 e. The SMILES string of the molecule is COC(=O)c1c(C)[nH]c(C(=O)COC(=O)c2ccc(C)c(-n3cccc3)c2)c1C. The Morgan fingerprint density at radius 1 is 1.03 bits per heavy atom. The highest BCUT2D eigenvalue weighted by Crippen LogP contribution is 2.20. The Bertz CT molecular complexity index is 1080. The molecule has 7 heteroatoms. The van der Waals surface area contributed by atoms with Crippen LogP contribution in [0.25, 0.3) is 5.69 Å². The number of methoxy groups -OCH3 is 1. The number of ketones is 1. The van der Waals surface area contributed by atoms with Gasteiger partial charge in [-0.15, -0.1) is 0 Å². The van der Waals surface area contributed by atoms with Crippen LogP contribution in [0, 0.1) is 20.8 Å². The summed E-state index contributed by atoms with van der Waals surface area (Å²) in [7, 11) is 1.28. The van der Waals surface area contributed by atoms with E-state index in [4.69, 9.17) is 9.47 Å². The van der Waals surface area contributed by atoms with E-state index in [0.717, 1.165) is 11.3 Å². The van der Waals surface area contributed by atoms with Crippen molar-refractivity contribution < 1.29 is 23.9 Å². The molecule has 0 spiro atoms. The number of esters is 2. The Balaban J connectivity index is 1.74. The minimum Gasteiger partial charge on any atom is -0.465 e. The highest BCUT2D eigenvalue weighted by molar-refractivity contribution is 6.03. The predicted octanol–water partition coefficient (Wildman–Crippen LogP) is 3.56. The standard InChI is InChI=1S/C22H22N2O5/c1-13-7-8-16(11-17(13)24-9-5-6-10-24)21(26)29-12-18(25)20-14(2)19(15(3)23-20)22(27)28-4/h5-11,23H,12H2,1-4H3. The first-order valence-electron chi connectivity index (χ1n) is 9.05. The zero-order valence-corrected chi connectivity index (χ0v) is 16.7. The summed E-state index contributed by atoms with van der Waals surface area (Å²) in [5, 5.41) is 0. The van der Waals surface area contributed by atoms with E-state index >= 15 is 0 Å². The Labute approximate surface area is 168 Å². The summed E-state index contributed by atoms with van der Waals surface area (Å²) < 4.78 is 11.9. The lowest BCUT2D eigenvalue weighted by atomic mass is 10.1. The summed E-state index contributed by atoms with van der Waals surface area (Å²) in [6.07, 6.45) is 3.77. The summed E-state index contributed by atoms with van der Waals surface area (Å²) in [5.74, 6) is -1.54. The van der Waals surface area contributed by atoms with E-state index < -0.39 is 24.3 Å². The maximum absolute atomic E-state index is 12.5. The van der Waals surface area contributed by atoms with E-state index in [1.807, 2.05) is 42.1 Å². The molecule has 1 N–H and O–H groups in total. The Morgan fingerprint density at radius 2 is 1.72 bits per heavy atom. The first-order chi connectivity index (χ1) is 13.8. The molecule has 0 unspecified atom stereocenters. The van der Waals surface area contributed by atoms with Gasteiger partial charge in [0.1, 0.15) is 0 Å². The number of hydrogen-bond acceptors (Lipinski definition) is 5. The van der Waals surface area contributed by atoms with Crippen molar-refractivity contribution in [1.29, 1.82) is 0 Å². The number of aromatic nitrogens is 2. The second-order valence-corrected chi connectivity index (χ2v) is 6.71. The van der Waals surface area contributed by atoms with E-state index in [1.165, 1.54) is 7.11 Å². The van der Waals surface area contributed by atoms with Gasteiger partial charge in [-0.05, 0) is 56.2 Å². The van der Waals surface area contributed by atoms with Crippen molar-refractivity contribution >= 4 is 17.7 Å². The van der Waals surface area contributed by atoms with Crippen molar-refractivity contribution in [3.8, 4) is 5.69 Å². The molecule has 0 aliphatic rings. The van der Waals surface area contributed by atoms with Crippen LogP contribution in [0.1, 0.15) is 48.0 Å². The van der Waals surface area contributed by atoms with Crippen molar-refractivity contribution in [3.63, 3.8) is 0 Å². The van der Waals surface area contributed by atoms with E-state index in [2.05, 4.69) is 4.98 Å². The zero-order valence-electron chi connectivity index (χ0n) is 16.7. The average Bonchev–Trinajstić information content (AvgIpc) is 3.34. The van der Waals surface area contributed by atoms with Gasteiger partial charge in [-0.1, -0.05) is 6.07 Å². The van der Waals surface area contributed by atoms with Gasteiger partial charge in [-0.3, -0.25) is 4.79 Å². The lowest BCUT2D eigenvalue weighted by Crippen LogP contribution is -2.16. The minimum absolute atomic E-state index is 0.229. The van der Waals surface area contributed by atoms with Crippen molar-refractivity contribution in [2.24, 2.45) is 0 Å². The molecule has 7 nitrogen and oxygen atoms in total. The molecule has 0 saturated heterocycles. The topological polar surface area (TPSA) is 90.4 Å². The Kier molecular flexibility index (Phi) is 5.68. The summed E-state index contributed by atoms with van der Waals surface area (Å²) >= 11 is 0. The van der Waals surface area contributed by atoms with E-state index in [0.29, 0.717) is 22.4 Å². The molecule has 0 atom stereocenters. The first kappa shape index (κ1) is 20.1. The highest BCUT2D eigenvalue weighted by atomic mass is 16.5. The van der Waals surface area contributed by atoms with Crippen LogP contribution < -0.4 is 0 Å². The molecular formula is C22H22N2O5. The lowest BCUT2D eigenvalue weighted by Gasteiger charge is -2.10. The van der Waals surface area contributed by atoms with Gasteiger partial charge in [0.25, 0.3) is 0 Å². The summed E-state index contributed by atoms with van der Waals surface area (Å²) in [4.78, 5) is 39.7. The van der Waals surface area contributed by atoms with Gasteiger partial charge in [-0.2, -0.15) is 0 Å². The number of hydrogen-bond donors (Lipinski definition) is 1. The summed E-state index contributed by atoms with van der Waals surface area (Å²) in [6.45, 7) is 4.83. The summed E-state index contributed by atoms with van der Waals surface area (Å²) in [6, 6.07) is 9.00. The molecule has 3 aromatic rings. The third-order valence-electron chi connectivity index (χ3n) is 4.77. The fourth-order valence-corrected chi connectivity index (χ4v) is 3.23. The molecule has 0 fully saturated rings. The predicted molar refractivity (Wildman–Crippen MR) is 107 cm³/mol. The molecule has 1 aromatic carbocycles. The normalized spacial score (nSPS) is 10.6. The molecule has 0 amide bonds. The molecule has 0 radical (unpaired) electrons. The van der Waals surface area contributed by atoms with E-state index in [-0.39, 0.29) is 5.69 Å². The minimum atomic E-state index is -0.596. The third kappa shape index (κ3) is 3.99. The van der Waals surface area contributed by atoms with Crippen LogP contribution in [0.2, 0.25) is 0 Å². The van der Waals surface area contributed by atoms with Crippen LogP contribution in [0.3, 0.4) is 0 Å². The molecular weight excluding hydrogens is 372 g/mol. The molecule has 0 aliphatic carbocycles. The van der Waals surface area contributed by atoms with Crippen LogP contribution in [-0.2, 0) is 9.47 Å². The number of ether oxygens (including phenoxy) is 2. The lowest BCUT2D eigenvalue weighted by molar-refractivity contribution is 0.0473. The molecule has 150 valence electrons. The fourth-order valence-electron chi connectivity index (χ4n) is 3.23. The number of Topliss-reactive ketones (excluding diaryl/α,β-unsaturated/α-hetero) is 1. The highest BCUT2D eigenvalue weighted by Gasteiger charge is 2.23. The zero-order chi connectivity index (χ0) is 21.1. The van der Waals surface area contributed by atoms with Crippen LogP contribution >= 0.6 is 0 Å². The maximum atomic E-state index is 12.5. The Hall–Kier alpha value is -3.61. The van der Waals surface area contributed by atoms with Gasteiger partial charge in [0.15, 0.2) is 6.61 Å². The first-order valence-corrected chi connectivity index (χ1v) is 9.05. The van der Waals surface area contributed by atoms with E-state index in [1.54, 1.807) is 26.0 Å². The second-order valence-electron chi connectivity index (χ2n) is 6.71. The van der Waals surface area contributed by atoms with Gasteiger partial charge in [-0.25, -0.2) is 9.59 Å². The van der Waals surface area contributed by atoms with Crippen LogP contribution in [0.5, 0.6) is 0 Å². The average molecular weight is 394 g/mol. The molecule has 0 aliphatic heterocycles. The van der Waals surface area contributed by atoms with Crippen molar-refractivity contribution in [3.05, 3.63) is 76.4 Å². The molecule has 3 rings (SSSR count). The molecule has 0 saturated carbocycles. The van der Waals surface area contributed by atoms with Gasteiger partial charge >= 0.3 is 11.9 Å². The Morgan fingerprint density at radius 3 is 2.38 bits per heavy atom. The number of benzene rings is 1. The van der Waals surface area contributed by atoms with Crippen molar-refractivity contribution in [2.45, 2.75) is 20.8 Å². The van der Waals surface area contributed by atoms with E-state index in [9.17, 15) is 14.4 Å². The second kappa shape index (κ2) is 8.18. The van der Waals surface area contributed by atoms with Gasteiger partial charge in [0, 0.05) is 23.8 Å². The van der Waals surface area contributed by atoms with Gasteiger partial charge in [0.05, 0.1) is 23.9 Å². The van der Waals surface area contributed by atoms with Gasteiger partial charge in [0.2, 0.25) is 5.78 Å². The number of aromatic amines is 1. The number of H-pyrrole nitrogens is 1. The maximum Gasteiger partial charge on any atom is 0.339 e. The van der Waals surface area contributed by atoms with Crippen LogP contribution in [0.15, 0.2) is 42.7 Å². The van der Waals surface area contributed by atoms with Crippen LogP contribution in [0.4, 0.5) is 0 Å². The molecule has 29 heavy (non-hydrogen) atoms. The number of rotatable bonds is 6. The molecule has 2 aromatic heterocycles. The number of nitrogens with zero attached hydrogens (tertiary/aromatic N) is 1. The van der Waals surface area contributed by atoms with Gasteiger partial charge < -0.3 is 19.0 Å². The summed E-state index contributed by atoms with van der Waals surface area (Å²) in [5.41, 5.74) is 3.75. The van der Waals surface area contributed by atoms with Crippen molar-refractivity contribution in [2.75, 3.05) is 13.7 Å². The van der Waals surface area contributed by atoms with Crippen molar-refractivity contribution in [1.82, 2.24) is 9.55 Å². The number of aryl methyl sites for hydroxylation is 2. The quantitative estimate of drug-likeness (QED) is 0.510. The third-order valence-corrected chi connectivity index (χ3v) is 4.77. The number of carbonyl (C=O) groups excluding carboxylic acids is 3. The number of nitrogens with one attached hydrogen (secondary N) is 1. The molecule has 0 bridgehead atoms. The monoisotopic (exact) mass is 394 g/mol.